The summed E-state index contributed by atoms with van der Waals surface area (Å²) >= 11 is 0. The van der Waals surface area contributed by atoms with E-state index in [0.717, 1.165) is 5.56 Å². The third-order valence-corrected chi connectivity index (χ3v) is 2.43. The van der Waals surface area contributed by atoms with Crippen LogP contribution in [0, 0.1) is 10.1 Å². The molecule has 5 nitrogen and oxygen atoms in total. The van der Waals surface area contributed by atoms with Gasteiger partial charge in [-0.15, -0.1) is 0 Å². The van der Waals surface area contributed by atoms with Crippen molar-refractivity contribution in [3.63, 3.8) is 0 Å². The summed E-state index contributed by atoms with van der Waals surface area (Å²) in [7, 11) is 3.43. The first-order valence-corrected chi connectivity index (χ1v) is 5.07. The van der Waals surface area contributed by atoms with Crippen molar-refractivity contribution in [1.29, 1.82) is 0 Å². The van der Waals surface area contributed by atoms with E-state index in [-0.39, 0.29) is 16.7 Å². The summed E-state index contributed by atoms with van der Waals surface area (Å²) in [4.78, 5) is 10.5. The predicted molar refractivity (Wildman–Crippen MR) is 61.5 cm³/mol. The van der Waals surface area contributed by atoms with Crippen molar-refractivity contribution in [2.45, 2.75) is 12.5 Å². The van der Waals surface area contributed by atoms with E-state index in [0.29, 0.717) is 13.0 Å². The molecule has 1 aromatic rings. The molecule has 88 valence electrons. The number of benzene rings is 1. The molecule has 1 aromatic carbocycles. The summed E-state index contributed by atoms with van der Waals surface area (Å²) in [6.45, 7) is 0.530. The third kappa shape index (κ3) is 3.29. The minimum atomic E-state index is -0.352. The quantitative estimate of drug-likeness (QED) is 0.585. The topological polar surface area (TPSA) is 64.4 Å². The van der Waals surface area contributed by atoms with Crippen molar-refractivity contribution < 1.29 is 9.66 Å². The minimum absolute atomic E-state index is 0.0890. The zero-order valence-corrected chi connectivity index (χ0v) is 9.47. The number of likely N-dealkylation sites (N-methyl/N-ethyl adjacent to an activating group) is 1. The van der Waals surface area contributed by atoms with Crippen LogP contribution in [0.25, 0.3) is 0 Å². The zero-order valence-electron chi connectivity index (χ0n) is 9.47. The van der Waals surface area contributed by atoms with Crippen molar-refractivity contribution in [3.05, 3.63) is 39.9 Å². The highest BCUT2D eigenvalue weighted by Gasteiger charge is 2.16. The van der Waals surface area contributed by atoms with E-state index in [9.17, 15) is 10.1 Å². The highest BCUT2D eigenvalue weighted by molar-refractivity contribution is 5.40. The van der Waals surface area contributed by atoms with Crippen LogP contribution in [0.2, 0.25) is 0 Å². The van der Waals surface area contributed by atoms with Gasteiger partial charge < -0.3 is 10.1 Å². The fraction of sp³-hybridized carbons (Fsp3) is 0.455. The lowest BCUT2D eigenvalue weighted by molar-refractivity contribution is -0.385. The van der Waals surface area contributed by atoms with Crippen LogP contribution in [0.3, 0.4) is 0 Å². The van der Waals surface area contributed by atoms with Gasteiger partial charge in [-0.3, -0.25) is 10.1 Å². The summed E-state index contributed by atoms with van der Waals surface area (Å²) in [6, 6.07) is 6.87. The van der Waals surface area contributed by atoms with Crippen LogP contribution in [-0.4, -0.2) is 31.7 Å². The number of rotatable bonds is 6. The predicted octanol–water partition coefficient (Wildman–Crippen LogP) is 1.37. The van der Waals surface area contributed by atoms with E-state index >= 15 is 0 Å². The molecule has 1 atom stereocenters. The number of para-hydroxylation sites is 1. The van der Waals surface area contributed by atoms with Crippen LogP contribution in [0.5, 0.6) is 0 Å². The van der Waals surface area contributed by atoms with Gasteiger partial charge in [0.15, 0.2) is 0 Å². The molecule has 0 aliphatic rings. The summed E-state index contributed by atoms with van der Waals surface area (Å²) in [5.41, 5.74) is 0.891. The lowest BCUT2D eigenvalue weighted by Crippen LogP contribution is -2.32. The first-order chi connectivity index (χ1) is 7.69. The van der Waals surface area contributed by atoms with Crippen LogP contribution < -0.4 is 5.32 Å². The molecule has 0 fully saturated rings. The lowest BCUT2D eigenvalue weighted by atomic mass is 10.0. The Morgan fingerprint density at radius 1 is 1.50 bits per heavy atom. The Bertz CT molecular complexity index is 355. The average Bonchev–Trinajstić information content (AvgIpc) is 2.29. The molecule has 1 N–H and O–H groups in total. The highest BCUT2D eigenvalue weighted by Crippen LogP contribution is 2.19. The van der Waals surface area contributed by atoms with Gasteiger partial charge in [-0.05, 0) is 13.5 Å². The Labute approximate surface area is 94.6 Å². The van der Waals surface area contributed by atoms with Gasteiger partial charge in [0.2, 0.25) is 0 Å². The molecule has 0 bridgehead atoms. The maximum Gasteiger partial charge on any atom is 0.272 e. The molecule has 0 saturated carbocycles. The number of methoxy groups -OCH3 is 1. The molecule has 0 aliphatic heterocycles. The second-order valence-corrected chi connectivity index (χ2v) is 3.53. The minimum Gasteiger partial charge on any atom is -0.383 e. The normalized spacial score (nSPS) is 12.4. The molecular weight excluding hydrogens is 208 g/mol. The van der Waals surface area contributed by atoms with E-state index in [1.165, 1.54) is 6.07 Å². The first-order valence-electron chi connectivity index (χ1n) is 5.07. The van der Waals surface area contributed by atoms with Gasteiger partial charge in [0.25, 0.3) is 5.69 Å². The Morgan fingerprint density at radius 2 is 2.19 bits per heavy atom. The van der Waals surface area contributed by atoms with Gasteiger partial charge in [-0.2, -0.15) is 0 Å². The Morgan fingerprint density at radius 3 is 2.75 bits per heavy atom. The maximum absolute atomic E-state index is 10.8. The molecule has 0 amide bonds. The Hall–Kier alpha value is -1.46. The molecule has 1 unspecified atom stereocenters. The number of nitrogens with one attached hydrogen (secondary N) is 1. The smallest absolute Gasteiger partial charge is 0.272 e. The van der Waals surface area contributed by atoms with Crippen LogP contribution in [0.1, 0.15) is 5.56 Å². The van der Waals surface area contributed by atoms with Crippen molar-refractivity contribution in [2.24, 2.45) is 0 Å². The Balaban J connectivity index is 2.82. The fourth-order valence-electron chi connectivity index (χ4n) is 1.57. The second kappa shape index (κ2) is 6.19. The summed E-state index contributed by atoms with van der Waals surface area (Å²) in [6.07, 6.45) is 0.585. The molecule has 0 radical (unpaired) electrons. The molecule has 0 heterocycles. The van der Waals surface area contributed by atoms with Gasteiger partial charge >= 0.3 is 0 Å². The number of hydrogen-bond acceptors (Lipinski definition) is 4. The number of ether oxygens (including phenoxy) is 1. The first kappa shape index (κ1) is 12.6. The lowest BCUT2D eigenvalue weighted by Gasteiger charge is -2.14. The largest absolute Gasteiger partial charge is 0.383 e. The second-order valence-electron chi connectivity index (χ2n) is 3.53. The van der Waals surface area contributed by atoms with Crippen molar-refractivity contribution in [1.82, 2.24) is 5.32 Å². The Kier molecular flexibility index (Phi) is 4.88. The molecule has 0 aromatic heterocycles. The average molecular weight is 224 g/mol. The van der Waals surface area contributed by atoms with Gasteiger partial charge in [0.05, 0.1) is 11.5 Å². The number of nitro groups is 1. The van der Waals surface area contributed by atoms with Crippen molar-refractivity contribution >= 4 is 5.69 Å². The molecule has 0 saturated heterocycles. The van der Waals surface area contributed by atoms with E-state index in [2.05, 4.69) is 5.32 Å². The van der Waals surface area contributed by atoms with Gasteiger partial charge in [0.1, 0.15) is 0 Å². The van der Waals surface area contributed by atoms with Crippen LogP contribution in [0.4, 0.5) is 5.69 Å². The molecular formula is C11H16N2O3. The molecule has 16 heavy (non-hydrogen) atoms. The van der Waals surface area contributed by atoms with Gasteiger partial charge in [-0.1, -0.05) is 18.2 Å². The summed E-state index contributed by atoms with van der Waals surface area (Å²) in [5, 5.41) is 13.9. The SMILES string of the molecule is CNC(COC)Cc1ccccc1[N+](=O)[O-]. The highest BCUT2D eigenvalue weighted by atomic mass is 16.6. The van der Waals surface area contributed by atoms with E-state index in [1.54, 1.807) is 19.2 Å². The number of nitrogens with zero attached hydrogens (tertiary/aromatic N) is 1. The van der Waals surface area contributed by atoms with Crippen LogP contribution in [-0.2, 0) is 11.2 Å². The summed E-state index contributed by atoms with van der Waals surface area (Å²) in [5.74, 6) is 0. The molecule has 1 rings (SSSR count). The molecule has 0 aliphatic carbocycles. The number of nitro benzene ring substituents is 1. The summed E-state index contributed by atoms with van der Waals surface area (Å²) < 4.78 is 5.04. The van der Waals surface area contributed by atoms with Crippen LogP contribution in [0.15, 0.2) is 24.3 Å². The molecule has 0 spiro atoms. The zero-order chi connectivity index (χ0) is 12.0. The number of hydrogen-bond donors (Lipinski definition) is 1. The third-order valence-electron chi connectivity index (χ3n) is 2.43. The maximum atomic E-state index is 10.8. The van der Waals surface area contributed by atoms with E-state index in [1.807, 2.05) is 13.1 Å². The monoisotopic (exact) mass is 224 g/mol. The van der Waals surface area contributed by atoms with Crippen molar-refractivity contribution in [3.8, 4) is 0 Å². The van der Waals surface area contributed by atoms with Gasteiger partial charge in [0, 0.05) is 24.8 Å². The van der Waals surface area contributed by atoms with E-state index < -0.39 is 0 Å². The van der Waals surface area contributed by atoms with Gasteiger partial charge in [-0.25, -0.2) is 0 Å². The fourth-order valence-corrected chi connectivity index (χ4v) is 1.57. The van der Waals surface area contributed by atoms with Crippen LogP contribution >= 0.6 is 0 Å². The standard InChI is InChI=1S/C11H16N2O3/c1-12-10(8-16-2)7-9-5-3-4-6-11(9)13(14)15/h3-6,10,12H,7-8H2,1-2H3. The molecule has 5 heteroatoms. The van der Waals surface area contributed by atoms with E-state index in [4.69, 9.17) is 4.74 Å². The van der Waals surface area contributed by atoms with Crippen molar-refractivity contribution in [2.75, 3.05) is 20.8 Å².